The van der Waals surface area contributed by atoms with Crippen molar-refractivity contribution in [3.8, 4) is 0 Å². The molecule has 5 heteroatoms. The van der Waals surface area contributed by atoms with Crippen molar-refractivity contribution < 1.29 is 4.79 Å². The number of carbonyl (C=O) groups is 1. The van der Waals surface area contributed by atoms with E-state index in [0.717, 1.165) is 4.48 Å². The first-order valence-electron chi connectivity index (χ1n) is 4.85. The molecular weight excluding hydrogens is 272 g/mol. The summed E-state index contributed by atoms with van der Waals surface area (Å²) in [5.74, 6) is -0.101. The van der Waals surface area contributed by atoms with Crippen LogP contribution < -0.4 is 10.9 Å². The van der Waals surface area contributed by atoms with Crippen LogP contribution in [0.15, 0.2) is 40.3 Å². The first kappa shape index (κ1) is 12.7. The summed E-state index contributed by atoms with van der Waals surface area (Å²) in [6.07, 6.45) is 1.95. The third-order valence-electron chi connectivity index (χ3n) is 1.96. The van der Waals surface area contributed by atoms with Crippen LogP contribution in [0.2, 0.25) is 0 Å². The second-order valence-corrected chi connectivity index (χ2v) is 4.40. The van der Waals surface area contributed by atoms with Gasteiger partial charge in [-0.3, -0.25) is 9.59 Å². The third kappa shape index (κ3) is 4.44. The summed E-state index contributed by atoms with van der Waals surface area (Å²) in [4.78, 5) is 22.7. The summed E-state index contributed by atoms with van der Waals surface area (Å²) in [6.45, 7) is 4.40. The molecule has 4 nitrogen and oxygen atoms in total. The van der Waals surface area contributed by atoms with Crippen LogP contribution in [0.25, 0.3) is 0 Å². The average Bonchev–Trinajstić information content (AvgIpc) is 2.25. The number of nitrogens with one attached hydrogen (secondary N) is 1. The largest absolute Gasteiger partial charge is 0.351 e. The molecule has 1 N–H and O–H groups in total. The minimum atomic E-state index is -0.101. The Kier molecular flexibility index (Phi) is 4.98. The van der Waals surface area contributed by atoms with E-state index in [1.165, 1.54) is 10.6 Å². The Labute approximate surface area is 102 Å². The van der Waals surface area contributed by atoms with Crippen molar-refractivity contribution >= 4 is 21.8 Å². The normalized spacial score (nSPS) is 9.81. The van der Waals surface area contributed by atoms with E-state index < -0.39 is 0 Å². The molecule has 0 saturated carbocycles. The standard InChI is InChI=1S/C11H13BrN2O2/c1-9(12)8-13-10(15)5-7-14-6-3-2-4-11(14)16/h2-4,6H,1,5,7-8H2,(H,13,15). The molecule has 0 fully saturated rings. The number of aromatic nitrogens is 1. The zero-order valence-corrected chi connectivity index (χ0v) is 10.4. The second kappa shape index (κ2) is 6.27. The van der Waals surface area contributed by atoms with Gasteiger partial charge >= 0.3 is 0 Å². The molecule has 0 aliphatic heterocycles. The van der Waals surface area contributed by atoms with Crippen LogP contribution in [-0.4, -0.2) is 17.0 Å². The fourth-order valence-electron chi connectivity index (χ4n) is 1.15. The summed E-state index contributed by atoms with van der Waals surface area (Å²) in [7, 11) is 0. The SMILES string of the molecule is C=C(Br)CNC(=O)CCn1ccccc1=O. The van der Waals surface area contributed by atoms with E-state index >= 15 is 0 Å². The maximum absolute atomic E-state index is 11.3. The predicted molar refractivity (Wildman–Crippen MR) is 66.4 cm³/mol. The van der Waals surface area contributed by atoms with Crippen molar-refractivity contribution in [2.75, 3.05) is 6.54 Å². The smallest absolute Gasteiger partial charge is 0.250 e. The highest BCUT2D eigenvalue weighted by Crippen LogP contribution is 1.97. The first-order valence-corrected chi connectivity index (χ1v) is 5.64. The van der Waals surface area contributed by atoms with Gasteiger partial charge in [-0.1, -0.05) is 28.6 Å². The Morgan fingerprint density at radius 3 is 2.88 bits per heavy atom. The van der Waals surface area contributed by atoms with Crippen molar-refractivity contribution in [1.82, 2.24) is 9.88 Å². The van der Waals surface area contributed by atoms with Crippen LogP contribution in [0.1, 0.15) is 6.42 Å². The molecule has 0 aliphatic rings. The van der Waals surface area contributed by atoms with Gasteiger partial charge in [0, 0.05) is 36.3 Å². The van der Waals surface area contributed by atoms with Gasteiger partial charge in [0.25, 0.3) is 5.56 Å². The summed E-state index contributed by atoms with van der Waals surface area (Å²) in [5.41, 5.74) is -0.0970. The first-order chi connectivity index (χ1) is 7.59. The number of rotatable bonds is 5. The molecule has 0 unspecified atom stereocenters. The lowest BCUT2D eigenvalue weighted by Gasteiger charge is -2.05. The molecule has 0 bridgehead atoms. The number of hydrogen-bond donors (Lipinski definition) is 1. The maximum Gasteiger partial charge on any atom is 0.250 e. The van der Waals surface area contributed by atoms with Gasteiger partial charge in [-0.25, -0.2) is 0 Å². The molecule has 0 saturated heterocycles. The summed E-state index contributed by atoms with van der Waals surface area (Å²) < 4.78 is 2.22. The number of hydrogen-bond acceptors (Lipinski definition) is 2. The van der Waals surface area contributed by atoms with E-state index in [4.69, 9.17) is 0 Å². The van der Waals surface area contributed by atoms with Crippen LogP contribution in [0.4, 0.5) is 0 Å². The zero-order chi connectivity index (χ0) is 12.0. The van der Waals surface area contributed by atoms with Crippen molar-refractivity contribution in [3.05, 3.63) is 45.8 Å². The van der Waals surface area contributed by atoms with Crippen molar-refractivity contribution in [2.45, 2.75) is 13.0 Å². The molecule has 1 heterocycles. The lowest BCUT2D eigenvalue weighted by Crippen LogP contribution is -2.27. The molecule has 0 aliphatic carbocycles. The Balaban J connectivity index is 2.40. The highest BCUT2D eigenvalue weighted by atomic mass is 79.9. The van der Waals surface area contributed by atoms with E-state index in [-0.39, 0.29) is 17.9 Å². The highest BCUT2D eigenvalue weighted by molar-refractivity contribution is 9.11. The number of halogens is 1. The minimum absolute atomic E-state index is 0.0970. The van der Waals surface area contributed by atoms with E-state index in [1.807, 2.05) is 0 Å². The van der Waals surface area contributed by atoms with Gasteiger partial charge in [0.05, 0.1) is 0 Å². The Hall–Kier alpha value is -1.36. The molecule has 1 rings (SSSR count). The molecule has 1 aromatic heterocycles. The zero-order valence-electron chi connectivity index (χ0n) is 8.78. The Morgan fingerprint density at radius 1 is 1.50 bits per heavy atom. The monoisotopic (exact) mass is 284 g/mol. The fraction of sp³-hybridized carbons (Fsp3) is 0.273. The topological polar surface area (TPSA) is 51.1 Å². The van der Waals surface area contributed by atoms with Gasteiger partial charge in [0.1, 0.15) is 0 Å². The maximum atomic E-state index is 11.3. The second-order valence-electron chi connectivity index (χ2n) is 3.28. The lowest BCUT2D eigenvalue weighted by molar-refractivity contribution is -0.121. The summed E-state index contributed by atoms with van der Waals surface area (Å²) in [5, 5.41) is 2.67. The minimum Gasteiger partial charge on any atom is -0.351 e. The molecule has 1 amide bonds. The summed E-state index contributed by atoms with van der Waals surface area (Å²) >= 11 is 3.15. The van der Waals surface area contributed by atoms with Gasteiger partial charge in [-0.15, -0.1) is 0 Å². The van der Waals surface area contributed by atoms with Crippen molar-refractivity contribution in [1.29, 1.82) is 0 Å². The van der Waals surface area contributed by atoms with Gasteiger partial charge in [0.2, 0.25) is 5.91 Å². The molecule has 1 aromatic rings. The Bertz CT molecular complexity index is 440. The molecule has 0 radical (unpaired) electrons. The molecule has 0 aromatic carbocycles. The number of aryl methyl sites for hydroxylation is 1. The van der Waals surface area contributed by atoms with Crippen molar-refractivity contribution in [3.63, 3.8) is 0 Å². The van der Waals surface area contributed by atoms with Crippen LogP contribution in [0.3, 0.4) is 0 Å². The van der Waals surface area contributed by atoms with Gasteiger partial charge in [-0.2, -0.15) is 0 Å². The molecule has 86 valence electrons. The number of carbonyl (C=O) groups excluding carboxylic acids is 1. The van der Waals surface area contributed by atoms with E-state index in [0.29, 0.717) is 13.1 Å². The van der Waals surface area contributed by atoms with E-state index in [9.17, 15) is 9.59 Å². The van der Waals surface area contributed by atoms with Crippen LogP contribution in [0.5, 0.6) is 0 Å². The molecule has 0 atom stereocenters. The molecule has 16 heavy (non-hydrogen) atoms. The third-order valence-corrected chi connectivity index (χ3v) is 2.24. The van der Waals surface area contributed by atoms with Gasteiger partial charge < -0.3 is 9.88 Å². The summed E-state index contributed by atoms with van der Waals surface area (Å²) in [6, 6.07) is 4.91. The van der Waals surface area contributed by atoms with Crippen LogP contribution in [0, 0.1) is 0 Å². The van der Waals surface area contributed by atoms with Crippen LogP contribution in [-0.2, 0) is 11.3 Å². The lowest BCUT2D eigenvalue weighted by atomic mass is 10.3. The average molecular weight is 285 g/mol. The number of pyridine rings is 1. The van der Waals surface area contributed by atoms with E-state index in [2.05, 4.69) is 27.8 Å². The highest BCUT2D eigenvalue weighted by Gasteiger charge is 2.02. The van der Waals surface area contributed by atoms with Crippen molar-refractivity contribution in [2.24, 2.45) is 0 Å². The Morgan fingerprint density at radius 2 is 2.25 bits per heavy atom. The van der Waals surface area contributed by atoms with Crippen LogP contribution >= 0.6 is 15.9 Å². The van der Waals surface area contributed by atoms with E-state index in [1.54, 1.807) is 18.3 Å². The number of amides is 1. The van der Waals surface area contributed by atoms with Gasteiger partial charge in [-0.05, 0) is 6.07 Å². The fourth-order valence-corrected chi connectivity index (χ4v) is 1.29. The van der Waals surface area contributed by atoms with Gasteiger partial charge in [0.15, 0.2) is 0 Å². The quantitative estimate of drug-likeness (QED) is 0.885. The number of nitrogens with zero attached hydrogens (tertiary/aromatic N) is 1. The molecule has 0 spiro atoms. The predicted octanol–water partition coefficient (Wildman–Crippen LogP) is 1.26. The molecular formula is C11H13BrN2O2.